The van der Waals surface area contributed by atoms with Crippen molar-refractivity contribution in [2.75, 3.05) is 0 Å². The third-order valence-corrected chi connectivity index (χ3v) is 7.87. The molecule has 2 heterocycles. The lowest BCUT2D eigenvalue weighted by Crippen LogP contribution is -2.48. The van der Waals surface area contributed by atoms with E-state index in [4.69, 9.17) is 4.74 Å². The van der Waals surface area contributed by atoms with Crippen molar-refractivity contribution in [2.45, 2.75) is 114 Å². The Morgan fingerprint density at radius 3 is 1.35 bits per heavy atom. The Labute approximate surface area is 189 Å². The number of hydrogen-bond acceptors (Lipinski definition) is 3. The first-order valence-electron chi connectivity index (χ1n) is 12.6. The minimum atomic E-state index is 0.0240. The molecule has 0 bridgehead atoms. The van der Waals surface area contributed by atoms with Gasteiger partial charge in [-0.1, -0.05) is 52.4 Å². The predicted octanol–water partition coefficient (Wildman–Crippen LogP) is 7.59. The Kier molecular flexibility index (Phi) is 7.43. The second-order valence-corrected chi connectivity index (χ2v) is 10.4. The highest BCUT2D eigenvalue weighted by atomic mass is 16.5. The lowest BCUT2D eigenvalue weighted by molar-refractivity contribution is -0.194. The fraction of sp³-hybridized carbons (Fsp3) is 0.643. The van der Waals surface area contributed by atoms with Crippen LogP contribution in [0.5, 0.6) is 0 Å². The molecule has 2 aromatic rings. The molecule has 0 spiro atoms. The van der Waals surface area contributed by atoms with Gasteiger partial charge in [0.2, 0.25) is 0 Å². The van der Waals surface area contributed by atoms with E-state index in [1.165, 1.54) is 75.3 Å². The highest BCUT2D eigenvalue weighted by molar-refractivity contribution is 5.17. The van der Waals surface area contributed by atoms with Gasteiger partial charge in [-0.3, -0.25) is 9.97 Å². The van der Waals surface area contributed by atoms with E-state index in [2.05, 4.69) is 48.1 Å². The molecule has 2 aliphatic rings. The third-order valence-electron chi connectivity index (χ3n) is 7.87. The van der Waals surface area contributed by atoms with Crippen molar-refractivity contribution in [3.8, 4) is 0 Å². The van der Waals surface area contributed by atoms with Crippen LogP contribution in [0.25, 0.3) is 0 Å². The van der Waals surface area contributed by atoms with Gasteiger partial charge in [0, 0.05) is 24.8 Å². The molecule has 0 aromatic carbocycles. The van der Waals surface area contributed by atoms with Crippen LogP contribution in [0.2, 0.25) is 0 Å². The number of rotatable bonds is 8. The zero-order valence-corrected chi connectivity index (χ0v) is 19.6. The first-order valence-corrected chi connectivity index (χ1v) is 12.6. The quantitative estimate of drug-likeness (QED) is 0.441. The maximum Gasteiger partial charge on any atom is 0.0695 e. The van der Waals surface area contributed by atoms with Crippen LogP contribution in [0.4, 0.5) is 0 Å². The highest BCUT2D eigenvalue weighted by Gasteiger charge is 2.44. The molecule has 0 saturated heterocycles. The Bertz CT molecular complexity index is 712. The van der Waals surface area contributed by atoms with Crippen LogP contribution in [0.15, 0.2) is 49.1 Å². The van der Waals surface area contributed by atoms with Gasteiger partial charge in [0.1, 0.15) is 0 Å². The molecule has 2 atom stereocenters. The van der Waals surface area contributed by atoms with Gasteiger partial charge in [-0.25, -0.2) is 0 Å². The molecule has 2 aromatic heterocycles. The lowest BCUT2D eigenvalue weighted by atomic mass is 9.73. The molecule has 0 radical (unpaired) electrons. The van der Waals surface area contributed by atoms with E-state index in [0.29, 0.717) is 11.8 Å². The summed E-state index contributed by atoms with van der Waals surface area (Å²) in [6.45, 7) is 4.75. The van der Waals surface area contributed by atoms with Crippen molar-refractivity contribution in [2.24, 2.45) is 0 Å². The van der Waals surface area contributed by atoms with E-state index in [9.17, 15) is 0 Å². The van der Waals surface area contributed by atoms with Crippen LogP contribution in [-0.2, 0) is 4.74 Å². The van der Waals surface area contributed by atoms with Crippen molar-refractivity contribution in [3.05, 3.63) is 60.2 Å². The normalized spacial score (nSPS) is 22.5. The molecule has 3 nitrogen and oxygen atoms in total. The summed E-state index contributed by atoms with van der Waals surface area (Å²) in [5, 5.41) is 0. The third kappa shape index (κ3) is 5.74. The number of aromatic nitrogens is 2. The Hall–Kier alpha value is -1.74. The highest BCUT2D eigenvalue weighted by Crippen LogP contribution is 2.48. The molecule has 0 amide bonds. The standard InChI is InChI=1S/C28H40N2O/c1-23(25-9-17-29-18-10-25)21-27(13-5-3-6-14-27)31-28(15-7-4-8-16-28)22-24(2)26-11-19-30-20-12-26/h9-12,17-20,23-24H,3-8,13-16,21-22H2,1-2H3. The zero-order chi connectivity index (χ0) is 21.6. The van der Waals surface area contributed by atoms with E-state index in [1.807, 2.05) is 24.8 Å². The summed E-state index contributed by atoms with van der Waals surface area (Å²) in [5.41, 5.74) is 2.84. The Morgan fingerprint density at radius 1 is 0.645 bits per heavy atom. The molecule has 2 saturated carbocycles. The molecule has 0 N–H and O–H groups in total. The fourth-order valence-corrected chi connectivity index (χ4v) is 6.28. The maximum absolute atomic E-state index is 7.46. The fourth-order valence-electron chi connectivity index (χ4n) is 6.28. The SMILES string of the molecule is CC(CC1(OC2(CC(C)c3ccncc3)CCCCC2)CCCCC1)c1ccncc1. The monoisotopic (exact) mass is 420 g/mol. The van der Waals surface area contributed by atoms with Gasteiger partial charge in [0.25, 0.3) is 0 Å². The van der Waals surface area contributed by atoms with Gasteiger partial charge in [-0.05, 0) is 85.8 Å². The van der Waals surface area contributed by atoms with E-state index in [0.717, 1.165) is 12.8 Å². The minimum absolute atomic E-state index is 0.0240. The second-order valence-electron chi connectivity index (χ2n) is 10.4. The van der Waals surface area contributed by atoms with E-state index in [-0.39, 0.29) is 11.2 Å². The van der Waals surface area contributed by atoms with Crippen LogP contribution in [0.3, 0.4) is 0 Å². The predicted molar refractivity (Wildman–Crippen MR) is 127 cm³/mol. The van der Waals surface area contributed by atoms with Crippen molar-refractivity contribution in [1.82, 2.24) is 9.97 Å². The van der Waals surface area contributed by atoms with Crippen molar-refractivity contribution in [3.63, 3.8) is 0 Å². The maximum atomic E-state index is 7.46. The van der Waals surface area contributed by atoms with E-state index >= 15 is 0 Å². The molecule has 2 fully saturated rings. The van der Waals surface area contributed by atoms with Crippen molar-refractivity contribution < 1.29 is 4.74 Å². The second kappa shape index (κ2) is 10.3. The summed E-state index contributed by atoms with van der Waals surface area (Å²) in [6.07, 6.45) is 22.8. The van der Waals surface area contributed by atoms with Gasteiger partial charge in [0.15, 0.2) is 0 Å². The summed E-state index contributed by atoms with van der Waals surface area (Å²) in [7, 11) is 0. The summed E-state index contributed by atoms with van der Waals surface area (Å²) < 4.78 is 7.46. The minimum Gasteiger partial charge on any atom is -0.369 e. The molecular formula is C28H40N2O. The van der Waals surface area contributed by atoms with E-state index in [1.54, 1.807) is 0 Å². The summed E-state index contributed by atoms with van der Waals surface area (Å²) in [4.78, 5) is 8.44. The number of nitrogens with zero attached hydrogens (tertiary/aromatic N) is 2. The summed E-state index contributed by atoms with van der Waals surface area (Å²) >= 11 is 0. The van der Waals surface area contributed by atoms with Gasteiger partial charge in [-0.2, -0.15) is 0 Å². The van der Waals surface area contributed by atoms with Crippen molar-refractivity contribution in [1.29, 1.82) is 0 Å². The molecule has 0 aliphatic heterocycles. The number of pyridine rings is 2. The van der Waals surface area contributed by atoms with Gasteiger partial charge < -0.3 is 4.74 Å². The molecule has 3 heteroatoms. The molecule has 168 valence electrons. The molecular weight excluding hydrogens is 380 g/mol. The molecule has 31 heavy (non-hydrogen) atoms. The van der Waals surface area contributed by atoms with Crippen LogP contribution in [-0.4, -0.2) is 21.2 Å². The Morgan fingerprint density at radius 2 is 1.00 bits per heavy atom. The summed E-state index contributed by atoms with van der Waals surface area (Å²) in [5.74, 6) is 0.999. The first-order chi connectivity index (χ1) is 15.1. The van der Waals surface area contributed by atoms with E-state index < -0.39 is 0 Å². The largest absolute Gasteiger partial charge is 0.369 e. The lowest BCUT2D eigenvalue weighted by Gasteiger charge is -2.49. The summed E-state index contributed by atoms with van der Waals surface area (Å²) in [6, 6.07) is 8.73. The van der Waals surface area contributed by atoms with Crippen LogP contribution < -0.4 is 0 Å². The first kappa shape index (κ1) is 22.5. The molecule has 4 rings (SSSR count). The van der Waals surface area contributed by atoms with Gasteiger partial charge >= 0.3 is 0 Å². The average Bonchev–Trinajstić information content (AvgIpc) is 2.81. The van der Waals surface area contributed by atoms with Crippen molar-refractivity contribution >= 4 is 0 Å². The van der Waals surface area contributed by atoms with Crippen LogP contribution in [0.1, 0.15) is 114 Å². The van der Waals surface area contributed by atoms with Gasteiger partial charge in [0.05, 0.1) is 11.2 Å². The Balaban J connectivity index is 1.56. The zero-order valence-electron chi connectivity index (χ0n) is 19.6. The number of hydrogen-bond donors (Lipinski definition) is 0. The number of ether oxygens (including phenoxy) is 1. The van der Waals surface area contributed by atoms with Crippen LogP contribution >= 0.6 is 0 Å². The average molecular weight is 421 g/mol. The molecule has 2 aliphatic carbocycles. The molecule has 2 unspecified atom stereocenters. The van der Waals surface area contributed by atoms with Crippen LogP contribution in [0, 0.1) is 0 Å². The topological polar surface area (TPSA) is 35.0 Å². The van der Waals surface area contributed by atoms with Gasteiger partial charge in [-0.15, -0.1) is 0 Å². The smallest absolute Gasteiger partial charge is 0.0695 e.